The van der Waals surface area contributed by atoms with Crippen molar-refractivity contribution in [2.24, 2.45) is 0 Å². The molecule has 5 nitrogen and oxygen atoms in total. The molecular formula is C15H27N3O2S. The maximum Gasteiger partial charge on any atom is 0.243 e. The van der Waals surface area contributed by atoms with Gasteiger partial charge in [0.1, 0.15) is 0 Å². The van der Waals surface area contributed by atoms with Crippen LogP contribution in [0.5, 0.6) is 0 Å². The summed E-state index contributed by atoms with van der Waals surface area (Å²) in [4.78, 5) is 2.25. The van der Waals surface area contributed by atoms with E-state index in [0.717, 1.165) is 12.0 Å². The van der Waals surface area contributed by atoms with Crippen LogP contribution in [0.4, 0.5) is 5.69 Å². The van der Waals surface area contributed by atoms with E-state index in [-0.39, 0.29) is 10.9 Å². The molecule has 0 aromatic heterocycles. The van der Waals surface area contributed by atoms with E-state index in [2.05, 4.69) is 0 Å². The third-order valence-corrected chi connectivity index (χ3v) is 5.62. The van der Waals surface area contributed by atoms with Gasteiger partial charge in [0.25, 0.3) is 0 Å². The third kappa shape index (κ3) is 4.18. The molecule has 21 heavy (non-hydrogen) atoms. The Morgan fingerprint density at radius 3 is 2.29 bits per heavy atom. The Labute approximate surface area is 128 Å². The van der Waals surface area contributed by atoms with Crippen LogP contribution in [-0.4, -0.2) is 50.8 Å². The Bertz CT molecular complexity index is 570. The summed E-state index contributed by atoms with van der Waals surface area (Å²) in [6.45, 7) is 6.89. The van der Waals surface area contributed by atoms with Crippen molar-refractivity contribution in [3.63, 3.8) is 0 Å². The second-order valence-corrected chi connectivity index (χ2v) is 7.42. The molecule has 0 heterocycles. The maximum absolute atomic E-state index is 12.8. The number of likely N-dealkylation sites (N-methyl/N-ethyl adjacent to an activating group) is 2. The Balaban J connectivity index is 3.15. The van der Waals surface area contributed by atoms with Crippen molar-refractivity contribution in [3.05, 3.63) is 23.8 Å². The number of hydrogen-bond donors (Lipinski definition) is 1. The van der Waals surface area contributed by atoms with E-state index in [1.165, 1.54) is 4.31 Å². The van der Waals surface area contributed by atoms with Crippen molar-refractivity contribution >= 4 is 15.7 Å². The zero-order valence-corrected chi connectivity index (χ0v) is 14.4. The number of nitrogens with two attached hydrogens (primary N) is 1. The van der Waals surface area contributed by atoms with Gasteiger partial charge >= 0.3 is 0 Å². The molecule has 1 unspecified atom stereocenters. The van der Waals surface area contributed by atoms with Crippen LogP contribution in [0.2, 0.25) is 0 Å². The highest BCUT2D eigenvalue weighted by molar-refractivity contribution is 7.89. The number of anilines is 1. The molecule has 0 aliphatic heterocycles. The highest BCUT2D eigenvalue weighted by Crippen LogP contribution is 2.23. The molecule has 0 aliphatic carbocycles. The summed E-state index contributed by atoms with van der Waals surface area (Å²) in [6.07, 6.45) is 0.792. The fourth-order valence-corrected chi connectivity index (χ4v) is 4.20. The number of aryl methyl sites for hydroxylation is 1. The standard InChI is InChI=1S/C15H27N3O2S/c1-6-13-8-9-14(10-15(13)16)21(19,20)18(7-2)12(3)11-17(4)5/h8-10,12H,6-7,11,16H2,1-5H3. The van der Waals surface area contributed by atoms with Crippen molar-refractivity contribution in [1.29, 1.82) is 0 Å². The first-order chi connectivity index (χ1) is 9.73. The maximum atomic E-state index is 12.8. The molecule has 0 amide bonds. The average molecular weight is 313 g/mol. The fraction of sp³-hybridized carbons (Fsp3) is 0.600. The topological polar surface area (TPSA) is 66.6 Å². The number of rotatable bonds is 7. The molecule has 6 heteroatoms. The van der Waals surface area contributed by atoms with Crippen LogP contribution in [0.1, 0.15) is 26.3 Å². The van der Waals surface area contributed by atoms with Gasteiger partial charge in [0, 0.05) is 24.8 Å². The molecule has 0 spiro atoms. The minimum Gasteiger partial charge on any atom is -0.398 e. The van der Waals surface area contributed by atoms with Gasteiger partial charge in [-0.3, -0.25) is 0 Å². The molecule has 120 valence electrons. The largest absolute Gasteiger partial charge is 0.398 e. The first kappa shape index (κ1) is 17.9. The fourth-order valence-electron chi connectivity index (χ4n) is 2.53. The van der Waals surface area contributed by atoms with Crippen molar-refractivity contribution < 1.29 is 8.42 Å². The molecule has 0 aliphatic rings. The van der Waals surface area contributed by atoms with E-state index >= 15 is 0 Å². The average Bonchev–Trinajstić information content (AvgIpc) is 2.38. The van der Waals surface area contributed by atoms with E-state index in [0.29, 0.717) is 18.8 Å². The molecule has 0 fully saturated rings. The molecule has 1 rings (SSSR count). The summed E-state index contributed by atoms with van der Waals surface area (Å²) in [5.41, 5.74) is 7.44. The lowest BCUT2D eigenvalue weighted by Crippen LogP contribution is -2.43. The lowest BCUT2D eigenvalue weighted by molar-refractivity contribution is 0.271. The number of nitrogens with zero attached hydrogens (tertiary/aromatic N) is 2. The van der Waals surface area contributed by atoms with Crippen LogP contribution in [0.3, 0.4) is 0 Å². The Hall–Kier alpha value is -1.11. The van der Waals surface area contributed by atoms with Crippen LogP contribution in [-0.2, 0) is 16.4 Å². The lowest BCUT2D eigenvalue weighted by Gasteiger charge is -2.29. The minimum atomic E-state index is -3.52. The summed E-state index contributed by atoms with van der Waals surface area (Å²) in [5.74, 6) is 0. The quantitative estimate of drug-likeness (QED) is 0.779. The van der Waals surface area contributed by atoms with Crippen LogP contribution < -0.4 is 5.73 Å². The summed E-state index contributed by atoms with van der Waals surface area (Å²) in [6, 6.07) is 4.92. The van der Waals surface area contributed by atoms with Crippen molar-refractivity contribution in [2.45, 2.75) is 38.1 Å². The van der Waals surface area contributed by atoms with Gasteiger partial charge in [-0.1, -0.05) is 19.9 Å². The van der Waals surface area contributed by atoms with Crippen LogP contribution in [0.15, 0.2) is 23.1 Å². The van der Waals surface area contributed by atoms with Crippen molar-refractivity contribution in [1.82, 2.24) is 9.21 Å². The first-order valence-corrected chi connectivity index (χ1v) is 8.73. The second kappa shape index (κ2) is 7.24. The van der Waals surface area contributed by atoms with Gasteiger partial charge < -0.3 is 10.6 Å². The molecule has 0 bridgehead atoms. The molecule has 0 radical (unpaired) electrons. The molecule has 1 aromatic rings. The predicted molar refractivity (Wildman–Crippen MR) is 87.8 cm³/mol. The first-order valence-electron chi connectivity index (χ1n) is 7.29. The Kier molecular flexibility index (Phi) is 6.19. The Morgan fingerprint density at radius 2 is 1.86 bits per heavy atom. The van der Waals surface area contributed by atoms with Gasteiger partial charge in [0.15, 0.2) is 0 Å². The smallest absolute Gasteiger partial charge is 0.243 e. The number of benzene rings is 1. The Morgan fingerprint density at radius 1 is 1.24 bits per heavy atom. The lowest BCUT2D eigenvalue weighted by atomic mass is 10.1. The number of nitrogen functional groups attached to an aromatic ring is 1. The van der Waals surface area contributed by atoms with Crippen LogP contribution in [0, 0.1) is 0 Å². The molecule has 2 N–H and O–H groups in total. The van der Waals surface area contributed by atoms with Gasteiger partial charge in [0.2, 0.25) is 10.0 Å². The molecule has 0 saturated carbocycles. The summed E-state index contributed by atoms with van der Waals surface area (Å²) in [7, 11) is 0.354. The highest BCUT2D eigenvalue weighted by atomic mass is 32.2. The molecular weight excluding hydrogens is 286 g/mol. The number of sulfonamides is 1. The van der Waals surface area contributed by atoms with Gasteiger partial charge in [0.05, 0.1) is 4.90 Å². The summed E-state index contributed by atoms with van der Waals surface area (Å²) in [5, 5.41) is 0. The zero-order valence-electron chi connectivity index (χ0n) is 13.6. The molecule has 1 aromatic carbocycles. The third-order valence-electron chi connectivity index (χ3n) is 3.54. The van der Waals surface area contributed by atoms with Gasteiger partial charge in [-0.15, -0.1) is 0 Å². The summed E-state index contributed by atoms with van der Waals surface area (Å²) < 4.78 is 27.1. The number of hydrogen-bond acceptors (Lipinski definition) is 4. The monoisotopic (exact) mass is 313 g/mol. The molecule has 1 atom stereocenters. The van der Waals surface area contributed by atoms with E-state index in [4.69, 9.17) is 5.73 Å². The zero-order chi connectivity index (χ0) is 16.2. The second-order valence-electron chi connectivity index (χ2n) is 5.53. The van der Waals surface area contributed by atoms with Gasteiger partial charge in [-0.25, -0.2) is 8.42 Å². The van der Waals surface area contributed by atoms with Crippen LogP contribution in [0.25, 0.3) is 0 Å². The van der Waals surface area contributed by atoms with Gasteiger partial charge in [-0.2, -0.15) is 4.31 Å². The summed E-state index contributed by atoms with van der Waals surface area (Å²) >= 11 is 0. The normalized spacial score (nSPS) is 13.9. The highest BCUT2D eigenvalue weighted by Gasteiger charge is 2.28. The van der Waals surface area contributed by atoms with Gasteiger partial charge in [-0.05, 0) is 45.1 Å². The predicted octanol–water partition coefficient (Wildman–Crippen LogP) is 1.79. The van der Waals surface area contributed by atoms with E-state index in [1.807, 2.05) is 39.8 Å². The van der Waals surface area contributed by atoms with Crippen molar-refractivity contribution in [3.8, 4) is 0 Å². The van der Waals surface area contributed by atoms with E-state index in [9.17, 15) is 8.42 Å². The molecule has 0 saturated heterocycles. The van der Waals surface area contributed by atoms with Crippen molar-refractivity contribution in [2.75, 3.05) is 32.9 Å². The minimum absolute atomic E-state index is 0.0953. The van der Waals surface area contributed by atoms with E-state index in [1.54, 1.807) is 18.2 Å². The SMILES string of the molecule is CCc1ccc(S(=O)(=O)N(CC)C(C)CN(C)C)cc1N. The van der Waals surface area contributed by atoms with E-state index < -0.39 is 10.0 Å². The van der Waals surface area contributed by atoms with Crippen LogP contribution >= 0.6 is 0 Å².